The molecule has 0 unspecified atom stereocenters. The van der Waals surface area contributed by atoms with Crippen LogP contribution in [0, 0.1) is 6.92 Å². The minimum Gasteiger partial charge on any atom is -0.355 e. The number of nitrogens with zero attached hydrogens (tertiary/aromatic N) is 3. The van der Waals surface area contributed by atoms with E-state index in [9.17, 15) is 0 Å². The molecule has 0 radical (unpaired) electrons. The fraction of sp³-hybridized carbons (Fsp3) is 0.286. The van der Waals surface area contributed by atoms with Gasteiger partial charge in [-0.15, -0.1) is 0 Å². The van der Waals surface area contributed by atoms with Gasteiger partial charge in [-0.05, 0) is 6.92 Å². The second-order valence-corrected chi connectivity index (χ2v) is 3.33. The Balaban J connectivity index is 1.93. The smallest absolute Gasteiger partial charge is 0.202 e. The molecule has 0 aliphatic rings. The van der Waals surface area contributed by atoms with E-state index in [1.165, 1.54) is 11.5 Å². The zero-order chi connectivity index (χ0) is 9.10. The van der Waals surface area contributed by atoms with Crippen LogP contribution in [0.25, 0.3) is 0 Å². The van der Waals surface area contributed by atoms with E-state index in [0.29, 0.717) is 6.54 Å². The number of rotatable bonds is 3. The highest BCUT2D eigenvalue weighted by Crippen LogP contribution is 2.10. The summed E-state index contributed by atoms with van der Waals surface area (Å²) in [4.78, 5) is 11.1. The molecule has 2 rings (SSSR count). The number of H-pyrrole nitrogens is 1. The molecule has 0 saturated heterocycles. The molecule has 2 N–H and O–H groups in total. The molecule has 0 fully saturated rings. The Bertz CT molecular complexity index is 366. The molecule has 0 aromatic carbocycles. The molecule has 2 heterocycles. The van der Waals surface area contributed by atoms with E-state index < -0.39 is 0 Å². The Kier molecular flexibility index (Phi) is 2.22. The highest BCUT2D eigenvalue weighted by Gasteiger charge is 1.99. The molecule has 0 saturated carbocycles. The van der Waals surface area contributed by atoms with E-state index in [-0.39, 0.29) is 0 Å². The standard InChI is InChI=1S/C7H9N5S/c1-5-11-7(13-12-5)9-3-6-2-8-4-10-6/h2,4H,3H2,1H3,(H,8,10)(H,9,11,12). The average Bonchev–Trinajstić information content (AvgIpc) is 2.71. The summed E-state index contributed by atoms with van der Waals surface area (Å²) < 4.78 is 4.06. The van der Waals surface area contributed by atoms with Gasteiger partial charge in [-0.25, -0.2) is 9.97 Å². The predicted octanol–water partition coefficient (Wildman–Crippen LogP) is 1.18. The third-order valence-electron chi connectivity index (χ3n) is 1.51. The average molecular weight is 195 g/mol. The maximum atomic E-state index is 4.17. The van der Waals surface area contributed by atoms with Crippen molar-refractivity contribution in [2.45, 2.75) is 13.5 Å². The van der Waals surface area contributed by atoms with Crippen LogP contribution in [0.2, 0.25) is 0 Å². The van der Waals surface area contributed by atoms with Gasteiger partial charge < -0.3 is 10.3 Å². The molecule has 0 aliphatic heterocycles. The van der Waals surface area contributed by atoms with Crippen molar-refractivity contribution in [3.05, 3.63) is 24.0 Å². The van der Waals surface area contributed by atoms with Gasteiger partial charge in [0.15, 0.2) is 0 Å². The topological polar surface area (TPSA) is 66.5 Å². The number of imidazole rings is 1. The fourth-order valence-corrected chi connectivity index (χ4v) is 1.49. The van der Waals surface area contributed by atoms with Crippen LogP contribution in [-0.2, 0) is 6.54 Å². The molecular formula is C7H9N5S. The second kappa shape index (κ2) is 3.53. The number of aryl methyl sites for hydroxylation is 1. The minimum atomic E-state index is 0.703. The van der Waals surface area contributed by atoms with E-state index >= 15 is 0 Å². The summed E-state index contributed by atoms with van der Waals surface area (Å²) in [5.74, 6) is 0.803. The number of hydrogen-bond acceptors (Lipinski definition) is 5. The number of aromatic amines is 1. The van der Waals surface area contributed by atoms with Gasteiger partial charge >= 0.3 is 0 Å². The SMILES string of the molecule is Cc1nsc(NCc2cnc[nH]2)n1. The number of aromatic nitrogens is 4. The van der Waals surface area contributed by atoms with Crippen LogP contribution in [0.5, 0.6) is 0 Å². The van der Waals surface area contributed by atoms with Crippen molar-refractivity contribution in [1.29, 1.82) is 0 Å². The Morgan fingerprint density at radius 2 is 2.54 bits per heavy atom. The van der Waals surface area contributed by atoms with Crippen LogP contribution < -0.4 is 5.32 Å². The van der Waals surface area contributed by atoms with E-state index in [1.54, 1.807) is 12.5 Å². The van der Waals surface area contributed by atoms with Gasteiger partial charge in [-0.3, -0.25) is 0 Å². The highest BCUT2D eigenvalue weighted by molar-refractivity contribution is 7.09. The first-order chi connectivity index (χ1) is 6.34. The summed E-state index contributed by atoms with van der Waals surface area (Å²) in [5.41, 5.74) is 1.04. The lowest BCUT2D eigenvalue weighted by atomic mass is 10.5. The van der Waals surface area contributed by atoms with E-state index in [0.717, 1.165) is 16.6 Å². The Labute approximate surface area is 79.4 Å². The normalized spacial score (nSPS) is 10.2. The van der Waals surface area contributed by atoms with Gasteiger partial charge in [0.05, 0.1) is 18.6 Å². The van der Waals surface area contributed by atoms with Crippen LogP contribution in [0.3, 0.4) is 0 Å². The van der Waals surface area contributed by atoms with Crippen molar-refractivity contribution in [3.63, 3.8) is 0 Å². The van der Waals surface area contributed by atoms with Gasteiger partial charge in [-0.2, -0.15) is 4.37 Å². The molecule has 5 nitrogen and oxygen atoms in total. The zero-order valence-electron chi connectivity index (χ0n) is 7.11. The summed E-state index contributed by atoms with van der Waals surface area (Å²) in [6.45, 7) is 2.58. The van der Waals surface area contributed by atoms with Crippen LogP contribution in [-0.4, -0.2) is 19.3 Å². The molecule has 0 bridgehead atoms. The van der Waals surface area contributed by atoms with Gasteiger partial charge in [0.1, 0.15) is 5.82 Å². The van der Waals surface area contributed by atoms with Crippen LogP contribution in [0.1, 0.15) is 11.5 Å². The highest BCUT2D eigenvalue weighted by atomic mass is 32.1. The number of hydrogen-bond donors (Lipinski definition) is 2. The molecule has 2 aromatic heterocycles. The third-order valence-corrected chi connectivity index (χ3v) is 2.28. The minimum absolute atomic E-state index is 0.703. The monoisotopic (exact) mass is 195 g/mol. The van der Waals surface area contributed by atoms with Crippen molar-refractivity contribution in [2.24, 2.45) is 0 Å². The summed E-state index contributed by atoms with van der Waals surface area (Å²) in [7, 11) is 0. The van der Waals surface area contributed by atoms with Crippen molar-refractivity contribution in [1.82, 2.24) is 19.3 Å². The van der Waals surface area contributed by atoms with Crippen molar-refractivity contribution in [2.75, 3.05) is 5.32 Å². The molecule has 0 atom stereocenters. The van der Waals surface area contributed by atoms with Gasteiger partial charge in [0, 0.05) is 17.7 Å². The second-order valence-electron chi connectivity index (χ2n) is 2.58. The van der Waals surface area contributed by atoms with Crippen LogP contribution >= 0.6 is 11.5 Å². The molecule has 6 heteroatoms. The van der Waals surface area contributed by atoms with Crippen LogP contribution in [0.15, 0.2) is 12.5 Å². The fourth-order valence-electron chi connectivity index (χ4n) is 0.921. The van der Waals surface area contributed by atoms with E-state index in [2.05, 4.69) is 24.6 Å². The number of anilines is 1. The lowest BCUT2D eigenvalue weighted by Gasteiger charge is -1.97. The van der Waals surface area contributed by atoms with Gasteiger partial charge in [-0.1, -0.05) is 0 Å². The summed E-state index contributed by atoms with van der Waals surface area (Å²) in [6, 6.07) is 0. The first kappa shape index (κ1) is 8.18. The first-order valence-corrected chi connectivity index (χ1v) is 4.63. The van der Waals surface area contributed by atoms with Crippen molar-refractivity contribution < 1.29 is 0 Å². The summed E-state index contributed by atoms with van der Waals surface area (Å²) >= 11 is 1.36. The van der Waals surface area contributed by atoms with E-state index in [4.69, 9.17) is 0 Å². The Hall–Kier alpha value is -1.43. The van der Waals surface area contributed by atoms with Crippen molar-refractivity contribution >= 4 is 16.7 Å². The first-order valence-electron chi connectivity index (χ1n) is 3.86. The Morgan fingerprint density at radius 1 is 1.62 bits per heavy atom. The maximum absolute atomic E-state index is 4.17. The van der Waals surface area contributed by atoms with Gasteiger partial charge in [0.25, 0.3) is 0 Å². The maximum Gasteiger partial charge on any atom is 0.202 e. The molecule has 68 valence electrons. The van der Waals surface area contributed by atoms with E-state index in [1.807, 2.05) is 6.92 Å². The molecule has 0 aliphatic carbocycles. The summed E-state index contributed by atoms with van der Waals surface area (Å²) in [5, 5.41) is 3.98. The largest absolute Gasteiger partial charge is 0.355 e. The number of nitrogens with one attached hydrogen (secondary N) is 2. The van der Waals surface area contributed by atoms with Crippen LogP contribution in [0.4, 0.5) is 5.13 Å². The third kappa shape index (κ3) is 2.03. The zero-order valence-corrected chi connectivity index (χ0v) is 7.93. The molecular weight excluding hydrogens is 186 g/mol. The Morgan fingerprint density at radius 3 is 3.15 bits per heavy atom. The van der Waals surface area contributed by atoms with Gasteiger partial charge in [0.2, 0.25) is 5.13 Å². The summed E-state index contributed by atoms with van der Waals surface area (Å²) in [6.07, 6.45) is 3.43. The molecule has 2 aromatic rings. The molecule has 0 spiro atoms. The molecule has 0 amide bonds. The lowest BCUT2D eigenvalue weighted by molar-refractivity contribution is 1.05. The quantitative estimate of drug-likeness (QED) is 0.771. The predicted molar refractivity (Wildman–Crippen MR) is 50.6 cm³/mol. The lowest BCUT2D eigenvalue weighted by Crippen LogP contribution is -1.98. The molecule has 13 heavy (non-hydrogen) atoms. The van der Waals surface area contributed by atoms with Crippen molar-refractivity contribution in [3.8, 4) is 0 Å².